The van der Waals surface area contributed by atoms with Crippen LogP contribution in [-0.2, 0) is 21.0 Å². The van der Waals surface area contributed by atoms with Crippen molar-refractivity contribution in [3.05, 3.63) is 23.8 Å². The maximum Gasteiger partial charge on any atom is 0.230 e. The third-order valence-electron chi connectivity index (χ3n) is 3.73. The molecule has 5 nitrogen and oxygen atoms in total. The van der Waals surface area contributed by atoms with E-state index >= 15 is 0 Å². The van der Waals surface area contributed by atoms with E-state index in [1.54, 1.807) is 6.26 Å². The summed E-state index contributed by atoms with van der Waals surface area (Å²) in [5, 5.41) is 2.91. The van der Waals surface area contributed by atoms with Gasteiger partial charge in [0.25, 0.3) is 0 Å². The maximum absolute atomic E-state index is 12.4. The van der Waals surface area contributed by atoms with Gasteiger partial charge in [-0.05, 0) is 38.0 Å². The lowest BCUT2D eigenvalue weighted by atomic mass is 9.83. The molecule has 1 heterocycles. The smallest absolute Gasteiger partial charge is 0.230 e. The van der Waals surface area contributed by atoms with Gasteiger partial charge in [0.15, 0.2) is 11.5 Å². The van der Waals surface area contributed by atoms with Crippen LogP contribution >= 0.6 is 0 Å². The molecule has 1 aromatic carbocycles. The molecule has 1 aliphatic rings. The number of fused-ring (bicyclic) bond motifs is 1. The van der Waals surface area contributed by atoms with Gasteiger partial charge in [-0.2, -0.15) is 0 Å². The first-order chi connectivity index (χ1) is 10.4. The van der Waals surface area contributed by atoms with Crippen molar-refractivity contribution in [3.8, 4) is 11.5 Å². The Bertz CT molecular complexity index is 571. The van der Waals surface area contributed by atoms with Crippen LogP contribution in [0.2, 0.25) is 0 Å². The summed E-state index contributed by atoms with van der Waals surface area (Å²) in [7, 11) is -0.821. The molecule has 0 fully saturated rings. The van der Waals surface area contributed by atoms with Crippen LogP contribution in [0.5, 0.6) is 11.5 Å². The second-order valence-corrected chi connectivity index (χ2v) is 7.42. The standard InChI is InChI=1S/C16H23NO4S/c1-16(2,15(18)17-7-4-10-22(3)19)12-5-6-13-14(11-12)21-9-8-20-13/h5-6,11H,4,7-10H2,1-3H3,(H,17,18)/t22-/m1/s1. The normalized spacial score (nSPS) is 15.2. The average molecular weight is 325 g/mol. The Hall–Kier alpha value is -1.56. The zero-order valence-electron chi connectivity index (χ0n) is 13.3. The Morgan fingerprint density at radius 2 is 1.95 bits per heavy atom. The lowest BCUT2D eigenvalue weighted by Gasteiger charge is -2.26. The zero-order chi connectivity index (χ0) is 16.2. The van der Waals surface area contributed by atoms with Gasteiger partial charge >= 0.3 is 0 Å². The maximum atomic E-state index is 12.4. The second kappa shape index (κ2) is 7.13. The number of carbonyl (C=O) groups excluding carboxylic acids is 1. The van der Waals surface area contributed by atoms with Crippen molar-refractivity contribution in [2.75, 3.05) is 31.8 Å². The minimum Gasteiger partial charge on any atom is -0.486 e. The monoisotopic (exact) mass is 325 g/mol. The molecule has 6 heteroatoms. The molecular formula is C16H23NO4S. The lowest BCUT2D eigenvalue weighted by Crippen LogP contribution is -2.40. The molecule has 122 valence electrons. The number of amides is 1. The molecule has 0 bridgehead atoms. The van der Waals surface area contributed by atoms with Crippen molar-refractivity contribution in [1.29, 1.82) is 0 Å². The van der Waals surface area contributed by atoms with E-state index in [2.05, 4.69) is 5.32 Å². The minimum atomic E-state index is -0.821. The van der Waals surface area contributed by atoms with Crippen molar-refractivity contribution < 1.29 is 18.5 Å². The van der Waals surface area contributed by atoms with E-state index in [1.807, 2.05) is 32.0 Å². The predicted octanol–water partition coefficient (Wildman–Crippen LogP) is 1.62. The van der Waals surface area contributed by atoms with Crippen molar-refractivity contribution >= 4 is 16.7 Å². The molecule has 1 N–H and O–H groups in total. The average Bonchev–Trinajstić information content (AvgIpc) is 2.50. The van der Waals surface area contributed by atoms with E-state index in [1.165, 1.54) is 0 Å². The molecule has 0 radical (unpaired) electrons. The highest BCUT2D eigenvalue weighted by Crippen LogP contribution is 2.35. The second-order valence-electron chi connectivity index (χ2n) is 5.87. The SMILES string of the molecule is C[S@@](=O)CCCNC(=O)C(C)(C)c1ccc2c(c1)OCCO2. The lowest BCUT2D eigenvalue weighted by molar-refractivity contribution is -0.125. The van der Waals surface area contributed by atoms with E-state index in [-0.39, 0.29) is 5.91 Å². The largest absolute Gasteiger partial charge is 0.486 e. The summed E-state index contributed by atoms with van der Waals surface area (Å²) in [5.41, 5.74) is 0.217. The van der Waals surface area contributed by atoms with Crippen LogP contribution < -0.4 is 14.8 Å². The van der Waals surface area contributed by atoms with Gasteiger partial charge in [0.1, 0.15) is 13.2 Å². The highest BCUT2D eigenvalue weighted by molar-refractivity contribution is 7.84. The number of hydrogen-bond acceptors (Lipinski definition) is 4. The van der Waals surface area contributed by atoms with Gasteiger partial charge in [0.2, 0.25) is 5.91 Å². The van der Waals surface area contributed by atoms with Crippen LogP contribution in [0.4, 0.5) is 0 Å². The van der Waals surface area contributed by atoms with Crippen LogP contribution in [0.15, 0.2) is 18.2 Å². The fourth-order valence-corrected chi connectivity index (χ4v) is 2.81. The van der Waals surface area contributed by atoms with Gasteiger partial charge in [-0.3, -0.25) is 9.00 Å². The topological polar surface area (TPSA) is 64.6 Å². The Balaban J connectivity index is 2.02. The summed E-state index contributed by atoms with van der Waals surface area (Å²) in [6, 6.07) is 5.61. The van der Waals surface area contributed by atoms with Crippen molar-refractivity contribution in [2.45, 2.75) is 25.7 Å². The number of rotatable bonds is 6. The molecule has 0 aromatic heterocycles. The highest BCUT2D eigenvalue weighted by atomic mass is 32.2. The van der Waals surface area contributed by atoms with Crippen LogP contribution in [0, 0.1) is 0 Å². The number of nitrogens with one attached hydrogen (secondary N) is 1. The predicted molar refractivity (Wildman–Crippen MR) is 87.0 cm³/mol. The zero-order valence-corrected chi connectivity index (χ0v) is 14.1. The Morgan fingerprint density at radius 3 is 2.64 bits per heavy atom. The van der Waals surface area contributed by atoms with Crippen LogP contribution in [0.25, 0.3) is 0 Å². The molecule has 0 saturated carbocycles. The number of hydrogen-bond donors (Lipinski definition) is 1. The van der Waals surface area contributed by atoms with Crippen molar-refractivity contribution in [1.82, 2.24) is 5.32 Å². The Labute approximate surface area is 133 Å². The Morgan fingerprint density at radius 1 is 1.27 bits per heavy atom. The fraction of sp³-hybridized carbons (Fsp3) is 0.562. The van der Waals surface area contributed by atoms with Gasteiger partial charge in [-0.25, -0.2) is 0 Å². The van der Waals surface area contributed by atoms with E-state index in [9.17, 15) is 9.00 Å². The van der Waals surface area contributed by atoms with Crippen molar-refractivity contribution in [3.63, 3.8) is 0 Å². The van der Waals surface area contributed by atoms with E-state index in [0.717, 1.165) is 11.3 Å². The molecule has 1 aromatic rings. The number of ether oxygens (including phenoxy) is 2. The van der Waals surface area contributed by atoms with E-state index < -0.39 is 16.2 Å². The Kier molecular flexibility index (Phi) is 5.45. The molecule has 1 amide bonds. The summed E-state index contributed by atoms with van der Waals surface area (Å²) in [4.78, 5) is 12.4. The molecule has 0 aliphatic carbocycles. The molecule has 0 unspecified atom stereocenters. The van der Waals surface area contributed by atoms with E-state index in [4.69, 9.17) is 9.47 Å². The first-order valence-corrected chi connectivity index (χ1v) is 9.12. The first kappa shape index (κ1) is 16.8. The van der Waals surface area contributed by atoms with Gasteiger partial charge in [0, 0.05) is 29.4 Å². The fourth-order valence-electron chi connectivity index (χ4n) is 2.26. The van der Waals surface area contributed by atoms with Crippen LogP contribution in [0.1, 0.15) is 25.8 Å². The molecule has 2 rings (SSSR count). The third-order valence-corrected chi connectivity index (χ3v) is 4.59. The summed E-state index contributed by atoms with van der Waals surface area (Å²) >= 11 is 0. The van der Waals surface area contributed by atoms with Crippen LogP contribution in [0.3, 0.4) is 0 Å². The minimum absolute atomic E-state index is 0.0499. The molecule has 0 spiro atoms. The third kappa shape index (κ3) is 4.00. The van der Waals surface area contributed by atoms with Gasteiger partial charge in [-0.15, -0.1) is 0 Å². The first-order valence-electron chi connectivity index (χ1n) is 7.39. The van der Waals surface area contributed by atoms with Gasteiger partial charge in [0.05, 0.1) is 5.41 Å². The number of carbonyl (C=O) groups is 1. The summed E-state index contributed by atoms with van der Waals surface area (Å²) in [6.07, 6.45) is 2.38. The molecule has 1 aliphatic heterocycles. The number of benzene rings is 1. The molecule has 0 saturated heterocycles. The quantitative estimate of drug-likeness (QED) is 0.807. The van der Waals surface area contributed by atoms with Gasteiger partial charge < -0.3 is 14.8 Å². The highest BCUT2D eigenvalue weighted by Gasteiger charge is 2.30. The summed E-state index contributed by atoms with van der Waals surface area (Å²) in [5.74, 6) is 1.96. The molecular weight excluding hydrogens is 302 g/mol. The summed E-state index contributed by atoms with van der Waals surface area (Å²) < 4.78 is 22.1. The summed E-state index contributed by atoms with van der Waals surface area (Å²) in [6.45, 7) is 5.37. The molecule has 22 heavy (non-hydrogen) atoms. The van der Waals surface area contributed by atoms with Gasteiger partial charge in [-0.1, -0.05) is 6.07 Å². The van der Waals surface area contributed by atoms with Crippen molar-refractivity contribution in [2.24, 2.45) is 0 Å². The van der Waals surface area contributed by atoms with Crippen LogP contribution in [-0.4, -0.2) is 41.9 Å². The molecule has 1 atom stereocenters. The van der Waals surface area contributed by atoms with E-state index in [0.29, 0.717) is 37.7 Å².